The van der Waals surface area contributed by atoms with E-state index in [0.717, 1.165) is 22.3 Å². The van der Waals surface area contributed by atoms with Crippen LogP contribution in [0.4, 0.5) is 22.7 Å². The Hall–Kier alpha value is -13.5. The molecule has 564 valence electrons. The Morgan fingerprint density at radius 1 is 0.384 bits per heavy atom. The van der Waals surface area contributed by atoms with Gasteiger partial charge in [-0.3, -0.25) is 28.6 Å². The van der Waals surface area contributed by atoms with E-state index in [4.69, 9.17) is 11.1 Å². The smallest absolute Gasteiger partial charge is 0.273 e. The van der Waals surface area contributed by atoms with E-state index in [0.29, 0.717) is 73.2 Å². The van der Waals surface area contributed by atoms with Crippen LogP contribution in [-0.4, -0.2) is 60.0 Å². The van der Waals surface area contributed by atoms with Gasteiger partial charge in [0.05, 0.1) is 21.0 Å². The minimum atomic E-state index is -3.74. The van der Waals surface area contributed by atoms with Gasteiger partial charge in [0.25, 0.3) is 26.0 Å². The molecule has 0 heterocycles. The molecule has 5 N–H and O–H groups in total. The molecule has 0 saturated heterocycles. The molecule has 0 spiro atoms. The van der Waals surface area contributed by atoms with Crippen LogP contribution in [0.1, 0.15) is 43.0 Å². The predicted octanol–water partition coefficient (Wildman–Crippen LogP) is 15.5. The van der Waals surface area contributed by atoms with Crippen LogP contribution in [0.2, 0.25) is 0 Å². The van der Waals surface area contributed by atoms with Gasteiger partial charge in [-0.1, -0.05) is 287 Å². The van der Waals surface area contributed by atoms with Crippen LogP contribution in [-0.2, 0) is 51.9 Å². The number of sulfonamides is 2. The highest BCUT2D eigenvalue weighted by Crippen LogP contribution is 2.45. The van der Waals surface area contributed by atoms with Gasteiger partial charge in [-0.25, -0.2) is 22.3 Å². The van der Waals surface area contributed by atoms with Gasteiger partial charge < -0.3 is 19.8 Å². The average Bonchev–Trinajstić information content (AvgIpc) is 0.760. The number of Topliss-reactive ketones (excluding diaryl/α,β-unsaturated/α-hetero) is 1. The number of ketones is 1. The molecule has 0 aliphatic rings. The van der Waals surface area contributed by atoms with Crippen molar-refractivity contribution in [3.8, 4) is 0 Å². The molecule has 29 heteroatoms. The summed E-state index contributed by atoms with van der Waals surface area (Å²) in [6, 6.07) is 94.8. The number of hydrogen-bond donors (Lipinski definition) is 5. The van der Waals surface area contributed by atoms with Crippen LogP contribution in [0.15, 0.2) is 368 Å². The first-order chi connectivity index (χ1) is 54.2. The molecule has 0 aliphatic carbocycles. The number of rotatable bonds is 27. The molecule has 0 aromatic heterocycles. The zero-order chi connectivity index (χ0) is 79.6. The lowest BCUT2D eigenvalue weighted by molar-refractivity contribution is -0.120. The molecular formula is C83H75N15O10P2S2. The van der Waals surface area contributed by atoms with Crippen molar-refractivity contribution in [3.05, 3.63) is 382 Å². The molecule has 112 heavy (non-hydrogen) atoms. The van der Waals surface area contributed by atoms with Crippen LogP contribution in [0.5, 0.6) is 0 Å². The summed E-state index contributed by atoms with van der Waals surface area (Å²) >= 11 is 0. The summed E-state index contributed by atoms with van der Waals surface area (Å²) in [5.41, 5.74) is 24.8. The Balaban J connectivity index is 0.000000185. The van der Waals surface area contributed by atoms with E-state index in [2.05, 4.69) is 66.1 Å². The third-order valence-electron chi connectivity index (χ3n) is 16.4. The zero-order valence-electron chi connectivity index (χ0n) is 60.5. The SMILES string of the molecule is Cc1ccc(S(=O)(=O)Nc2ccc(N=NNC(=O)c3ccccc3P(=O)(c3ccccc3)c3ccccc3)cc2)cc1.Cc1ccc(S(=O)(=O)Nc2ccc(N=[N+]=[N-])cc2)cc1.O=C(CN=NCC(=O)c1ccccc1P(=O)(c1ccccc1)c1ccccc1)NCc1ccccc1.[N-]=[N+]=NCC(=O)NCc1ccccc1. The maximum absolute atomic E-state index is 14.8. The van der Waals surface area contributed by atoms with Gasteiger partial charge in [0.15, 0.2) is 20.1 Å². The normalized spacial score (nSPS) is 11.1. The van der Waals surface area contributed by atoms with Crippen molar-refractivity contribution in [2.75, 3.05) is 29.1 Å². The fourth-order valence-corrected chi connectivity index (χ4v) is 18.6. The number of nitrogens with one attached hydrogen (secondary N) is 5. The van der Waals surface area contributed by atoms with Gasteiger partial charge in [-0.2, -0.15) is 10.2 Å². The van der Waals surface area contributed by atoms with Crippen molar-refractivity contribution in [1.82, 2.24) is 16.1 Å². The highest BCUT2D eigenvalue weighted by Gasteiger charge is 2.35. The number of carbonyl (C=O) groups excluding carboxylic acids is 4. The number of azo groups is 1. The average molecular weight is 1570 g/mol. The minimum absolute atomic E-state index is 0.149. The van der Waals surface area contributed by atoms with Crippen LogP contribution in [0.25, 0.3) is 20.9 Å². The molecule has 12 rings (SSSR count). The maximum atomic E-state index is 14.8. The van der Waals surface area contributed by atoms with Crippen molar-refractivity contribution in [2.24, 2.45) is 30.8 Å². The summed E-state index contributed by atoms with van der Waals surface area (Å²) in [4.78, 5) is 55.0. The summed E-state index contributed by atoms with van der Waals surface area (Å²) in [5, 5.41) is 31.0. The summed E-state index contributed by atoms with van der Waals surface area (Å²) in [5.74, 6) is -1.44. The van der Waals surface area contributed by atoms with E-state index in [9.17, 15) is 45.1 Å². The van der Waals surface area contributed by atoms with Gasteiger partial charge in [0, 0.05) is 77.4 Å². The zero-order valence-corrected chi connectivity index (χ0v) is 63.9. The third-order valence-corrected chi connectivity index (χ3v) is 25.4. The lowest BCUT2D eigenvalue weighted by Gasteiger charge is -2.22. The first kappa shape index (κ1) is 82.6. The van der Waals surface area contributed by atoms with Crippen LogP contribution < -0.4 is 57.3 Å². The molecule has 0 atom stereocenters. The van der Waals surface area contributed by atoms with Gasteiger partial charge >= 0.3 is 0 Å². The van der Waals surface area contributed by atoms with Gasteiger partial charge in [-0.15, -0.1) is 5.11 Å². The number of anilines is 2. The van der Waals surface area contributed by atoms with Crippen LogP contribution >= 0.6 is 14.3 Å². The molecule has 0 bridgehead atoms. The lowest BCUT2D eigenvalue weighted by Crippen LogP contribution is -2.31. The molecule has 25 nitrogen and oxygen atoms in total. The fourth-order valence-electron chi connectivity index (χ4n) is 10.7. The molecular weight excluding hydrogens is 1490 g/mol. The summed E-state index contributed by atoms with van der Waals surface area (Å²) in [7, 11) is -14.1. The number of benzene rings is 12. The molecule has 0 saturated carbocycles. The summed E-state index contributed by atoms with van der Waals surface area (Å²) in [6.45, 7) is 4.06. The Bertz CT molecular complexity index is 5580. The van der Waals surface area contributed by atoms with E-state index in [-0.39, 0.29) is 52.6 Å². The maximum Gasteiger partial charge on any atom is 0.273 e. The van der Waals surface area contributed by atoms with E-state index in [1.807, 2.05) is 172 Å². The highest BCUT2D eigenvalue weighted by atomic mass is 32.2. The van der Waals surface area contributed by atoms with Gasteiger partial charge in [0.2, 0.25) is 11.8 Å². The molecule has 0 aliphatic heterocycles. The Kier molecular flexibility index (Phi) is 30.3. The van der Waals surface area contributed by atoms with Crippen LogP contribution in [0.3, 0.4) is 0 Å². The minimum Gasteiger partial charge on any atom is -0.352 e. The van der Waals surface area contributed by atoms with Crippen molar-refractivity contribution < 1.29 is 45.1 Å². The number of azide groups is 2. The summed E-state index contributed by atoms with van der Waals surface area (Å²) < 4.78 is 84.0. The number of nitrogens with zero attached hydrogens (tertiary/aromatic N) is 10. The molecule has 0 unspecified atom stereocenters. The molecule has 3 amide bonds. The molecule has 12 aromatic rings. The molecule has 12 aromatic carbocycles. The fraction of sp³-hybridized carbons (Fsp3) is 0.0843. The van der Waals surface area contributed by atoms with E-state index < -0.39 is 40.2 Å². The second-order valence-electron chi connectivity index (χ2n) is 24.3. The first-order valence-corrected chi connectivity index (χ1v) is 40.8. The first-order valence-electron chi connectivity index (χ1n) is 34.5. The number of carbonyl (C=O) groups is 4. The van der Waals surface area contributed by atoms with Crippen molar-refractivity contribution >= 4 is 112 Å². The van der Waals surface area contributed by atoms with E-state index >= 15 is 0 Å². The lowest BCUT2D eigenvalue weighted by atomic mass is 10.1. The van der Waals surface area contributed by atoms with Gasteiger partial charge in [-0.05, 0) is 103 Å². The molecule has 0 radical (unpaired) electrons. The second kappa shape index (κ2) is 41.2. The van der Waals surface area contributed by atoms with E-state index in [1.54, 1.807) is 146 Å². The molecule has 0 fully saturated rings. The number of aryl methyl sites for hydroxylation is 2. The van der Waals surface area contributed by atoms with Crippen molar-refractivity contribution in [3.63, 3.8) is 0 Å². The van der Waals surface area contributed by atoms with E-state index in [1.165, 1.54) is 24.3 Å². The standard InChI is InChI=1S/C32H27N4O4PS.C29H26N3O3P.C13H12N4O2S.C9H10N4O/c1-24-16-22-29(23-17-24)42(39,40)35-26-20-18-25(19-21-26)33-36-34-32(37)30-14-8-9-15-31(30)41(38,27-10-4-2-5-11-27)28-12-6-3-7-13-28;33-27(21-31-32-22-29(34)30-20-23-12-4-1-5-13-23)26-18-10-11-19-28(26)36(35,24-14-6-2-7-15-24)25-16-8-3-9-17-25;1-10-2-8-13(9-3-10)20(18,19)16-12-6-4-11(5-7-12)15-17-14;10-13-12-7-9(14)11-6-8-4-2-1-3-5-8/h2-23,35H,1H3,(H,33,34,37);1-19H,20-22H2,(H,30,34);2-9,16H,1H3;1-5H,6-7H2,(H,11,14). The largest absolute Gasteiger partial charge is 0.352 e. The van der Waals surface area contributed by atoms with Crippen LogP contribution in [0, 0.1) is 13.8 Å². The quantitative estimate of drug-likeness (QED) is 0.00809. The second-order valence-corrected chi connectivity index (χ2v) is 33.1. The third kappa shape index (κ3) is 23.8. The monoisotopic (exact) mass is 1570 g/mol. The Morgan fingerprint density at radius 3 is 1.13 bits per heavy atom. The predicted molar refractivity (Wildman–Crippen MR) is 439 cm³/mol. The van der Waals surface area contributed by atoms with Crippen molar-refractivity contribution in [2.45, 2.75) is 36.7 Å². The van der Waals surface area contributed by atoms with Gasteiger partial charge in [0.1, 0.15) is 19.6 Å². The number of amides is 3. The highest BCUT2D eigenvalue weighted by molar-refractivity contribution is 7.93. The Labute approximate surface area is 648 Å². The Morgan fingerprint density at radius 2 is 0.732 bits per heavy atom. The number of hydrogen-bond acceptors (Lipinski definition) is 16. The topological polar surface area (TPSA) is 378 Å². The van der Waals surface area contributed by atoms with Crippen molar-refractivity contribution in [1.29, 1.82) is 0 Å². The summed E-state index contributed by atoms with van der Waals surface area (Å²) in [6.07, 6.45) is 0.